The van der Waals surface area contributed by atoms with Gasteiger partial charge >= 0.3 is 0 Å². The predicted molar refractivity (Wildman–Crippen MR) is 71.7 cm³/mol. The summed E-state index contributed by atoms with van der Waals surface area (Å²) >= 11 is 0. The summed E-state index contributed by atoms with van der Waals surface area (Å²) in [4.78, 5) is 8.85. The normalized spacial score (nSPS) is 11.7. The van der Waals surface area contributed by atoms with E-state index in [1.165, 1.54) is 0 Å². The van der Waals surface area contributed by atoms with Crippen molar-refractivity contribution in [1.29, 1.82) is 0 Å². The molecular weight excluding hydrogens is 258 g/mol. The van der Waals surface area contributed by atoms with E-state index in [9.17, 15) is 0 Å². The minimum atomic E-state index is 0.514. The van der Waals surface area contributed by atoms with Crippen LogP contribution < -0.4 is 5.73 Å². The number of aromatic nitrogens is 8. The number of hydrogen-bond donors (Lipinski definition) is 1. The van der Waals surface area contributed by atoms with Gasteiger partial charge < -0.3 is 5.73 Å². The maximum Gasteiger partial charge on any atom is 0.202 e. The van der Waals surface area contributed by atoms with Crippen molar-refractivity contribution in [3.63, 3.8) is 0 Å². The van der Waals surface area contributed by atoms with Gasteiger partial charge in [0.15, 0.2) is 11.3 Å². The molecule has 0 spiro atoms. The smallest absolute Gasteiger partial charge is 0.202 e. The molecular formula is C11H11N9. The average molecular weight is 269 g/mol. The van der Waals surface area contributed by atoms with E-state index in [4.69, 9.17) is 5.73 Å². The van der Waals surface area contributed by atoms with Crippen LogP contribution in [0.2, 0.25) is 0 Å². The third kappa shape index (κ3) is 1.28. The summed E-state index contributed by atoms with van der Waals surface area (Å²) in [6, 6.07) is 0. The SMILES string of the molecule is Cn1ncc(N)c1-c1nc2c3cnn(C)c3ncn2n1. The van der Waals surface area contributed by atoms with Crippen LogP contribution in [0.25, 0.3) is 28.2 Å². The topological polar surface area (TPSA) is 105 Å². The molecule has 4 rings (SSSR count). The van der Waals surface area contributed by atoms with Gasteiger partial charge in [-0.2, -0.15) is 10.2 Å². The summed E-state index contributed by atoms with van der Waals surface area (Å²) in [6.45, 7) is 0. The molecule has 0 aliphatic rings. The van der Waals surface area contributed by atoms with Crippen LogP contribution in [0.4, 0.5) is 5.69 Å². The molecule has 2 N–H and O–H groups in total. The zero-order valence-electron chi connectivity index (χ0n) is 10.9. The second-order valence-corrected chi connectivity index (χ2v) is 4.53. The highest BCUT2D eigenvalue weighted by atomic mass is 15.4. The number of anilines is 1. The Hall–Kier alpha value is -2.97. The van der Waals surface area contributed by atoms with Gasteiger partial charge in [0, 0.05) is 14.1 Å². The first-order valence-corrected chi connectivity index (χ1v) is 5.96. The first-order chi connectivity index (χ1) is 9.65. The van der Waals surface area contributed by atoms with Crippen molar-refractivity contribution in [3.05, 3.63) is 18.7 Å². The van der Waals surface area contributed by atoms with Gasteiger partial charge in [-0.3, -0.25) is 9.36 Å². The van der Waals surface area contributed by atoms with Crippen molar-refractivity contribution < 1.29 is 0 Å². The second-order valence-electron chi connectivity index (χ2n) is 4.53. The van der Waals surface area contributed by atoms with Crippen LogP contribution in [0, 0.1) is 0 Å². The molecule has 0 fully saturated rings. The Balaban J connectivity index is 2.06. The Kier molecular flexibility index (Phi) is 1.92. The van der Waals surface area contributed by atoms with Crippen LogP contribution in [0.1, 0.15) is 0 Å². The largest absolute Gasteiger partial charge is 0.396 e. The van der Waals surface area contributed by atoms with E-state index in [-0.39, 0.29) is 0 Å². The average Bonchev–Trinajstić information content (AvgIpc) is 3.07. The molecule has 9 heteroatoms. The van der Waals surface area contributed by atoms with E-state index in [1.54, 1.807) is 39.6 Å². The fourth-order valence-corrected chi connectivity index (χ4v) is 2.27. The number of rotatable bonds is 1. The van der Waals surface area contributed by atoms with Crippen LogP contribution in [-0.2, 0) is 14.1 Å². The van der Waals surface area contributed by atoms with Gasteiger partial charge in [0.1, 0.15) is 12.0 Å². The van der Waals surface area contributed by atoms with Crippen LogP contribution in [0.15, 0.2) is 18.7 Å². The number of fused-ring (bicyclic) bond motifs is 3. The Labute approximate surface area is 112 Å². The minimum Gasteiger partial charge on any atom is -0.396 e. The van der Waals surface area contributed by atoms with Gasteiger partial charge in [-0.1, -0.05) is 0 Å². The van der Waals surface area contributed by atoms with Crippen molar-refractivity contribution in [3.8, 4) is 11.5 Å². The fraction of sp³-hybridized carbons (Fsp3) is 0.182. The lowest BCUT2D eigenvalue weighted by Gasteiger charge is -1.96. The predicted octanol–water partition coefficient (Wildman–Crippen LogP) is -0.00630. The van der Waals surface area contributed by atoms with Crippen LogP contribution in [0.5, 0.6) is 0 Å². The van der Waals surface area contributed by atoms with Crippen molar-refractivity contribution in [1.82, 2.24) is 39.1 Å². The first kappa shape index (κ1) is 10.9. The lowest BCUT2D eigenvalue weighted by molar-refractivity contribution is 0.768. The zero-order valence-corrected chi connectivity index (χ0v) is 10.9. The van der Waals surface area contributed by atoms with E-state index < -0.39 is 0 Å². The summed E-state index contributed by atoms with van der Waals surface area (Å²) in [5.41, 5.74) is 8.59. The highest BCUT2D eigenvalue weighted by molar-refractivity contribution is 5.89. The number of hydrogen-bond acceptors (Lipinski definition) is 6. The van der Waals surface area contributed by atoms with E-state index >= 15 is 0 Å². The van der Waals surface area contributed by atoms with Crippen LogP contribution >= 0.6 is 0 Å². The molecule has 0 amide bonds. The minimum absolute atomic E-state index is 0.514. The van der Waals surface area contributed by atoms with Crippen LogP contribution in [0.3, 0.4) is 0 Å². The highest BCUT2D eigenvalue weighted by Gasteiger charge is 2.16. The quantitative estimate of drug-likeness (QED) is 0.521. The van der Waals surface area contributed by atoms with E-state index in [1.807, 2.05) is 7.05 Å². The third-order valence-electron chi connectivity index (χ3n) is 3.25. The molecule has 0 saturated carbocycles. The molecule has 0 saturated heterocycles. The molecule has 0 unspecified atom stereocenters. The van der Waals surface area contributed by atoms with Gasteiger partial charge in [0.25, 0.3) is 0 Å². The Bertz CT molecular complexity index is 922. The molecule has 4 aromatic rings. The third-order valence-corrected chi connectivity index (χ3v) is 3.25. The molecule has 0 aliphatic carbocycles. The van der Waals surface area contributed by atoms with Gasteiger partial charge in [-0.15, -0.1) is 5.10 Å². The van der Waals surface area contributed by atoms with E-state index in [2.05, 4.69) is 25.3 Å². The van der Waals surface area contributed by atoms with Gasteiger partial charge in [0.05, 0.1) is 23.5 Å². The number of aryl methyl sites for hydroxylation is 2. The molecule has 9 nitrogen and oxygen atoms in total. The summed E-state index contributed by atoms with van der Waals surface area (Å²) in [7, 11) is 3.64. The lowest BCUT2D eigenvalue weighted by Crippen LogP contribution is -1.97. The number of nitrogens with two attached hydrogens (primary N) is 1. The molecule has 0 aliphatic heterocycles. The first-order valence-electron chi connectivity index (χ1n) is 5.96. The van der Waals surface area contributed by atoms with Crippen molar-refractivity contribution in [2.24, 2.45) is 14.1 Å². The lowest BCUT2D eigenvalue weighted by atomic mass is 10.3. The standard InChI is InChI=1S/C11H11N9/c1-18-8(7(12)4-15-18)9-16-11-6-3-14-19(2)10(6)13-5-20(11)17-9/h3-5H,12H2,1-2H3. The zero-order chi connectivity index (χ0) is 13.9. The Morgan fingerprint density at radius 1 is 1.05 bits per heavy atom. The Morgan fingerprint density at radius 2 is 1.85 bits per heavy atom. The van der Waals surface area contributed by atoms with Gasteiger partial charge in [0.2, 0.25) is 5.82 Å². The molecule has 0 atom stereocenters. The van der Waals surface area contributed by atoms with Crippen molar-refractivity contribution in [2.75, 3.05) is 5.73 Å². The van der Waals surface area contributed by atoms with E-state index in [0.717, 1.165) is 11.0 Å². The van der Waals surface area contributed by atoms with Gasteiger partial charge in [-0.25, -0.2) is 14.5 Å². The van der Waals surface area contributed by atoms with E-state index in [0.29, 0.717) is 22.9 Å². The molecule has 0 aromatic carbocycles. The number of nitrogen functional groups attached to an aromatic ring is 1. The monoisotopic (exact) mass is 269 g/mol. The molecule has 4 heterocycles. The summed E-state index contributed by atoms with van der Waals surface area (Å²) < 4.78 is 4.96. The van der Waals surface area contributed by atoms with Crippen molar-refractivity contribution >= 4 is 22.4 Å². The molecule has 0 radical (unpaired) electrons. The molecule has 0 bridgehead atoms. The van der Waals surface area contributed by atoms with Gasteiger partial charge in [-0.05, 0) is 0 Å². The maximum atomic E-state index is 5.91. The summed E-state index contributed by atoms with van der Waals surface area (Å²) in [5.74, 6) is 0.514. The summed E-state index contributed by atoms with van der Waals surface area (Å²) in [5, 5.41) is 13.5. The summed E-state index contributed by atoms with van der Waals surface area (Å²) in [6.07, 6.45) is 4.92. The molecule has 100 valence electrons. The fourth-order valence-electron chi connectivity index (χ4n) is 2.27. The number of nitrogens with zero attached hydrogens (tertiary/aromatic N) is 8. The maximum absolute atomic E-state index is 5.91. The highest BCUT2D eigenvalue weighted by Crippen LogP contribution is 2.24. The Morgan fingerprint density at radius 3 is 2.60 bits per heavy atom. The second kappa shape index (κ2) is 3.53. The van der Waals surface area contributed by atoms with Crippen molar-refractivity contribution in [2.45, 2.75) is 0 Å². The molecule has 20 heavy (non-hydrogen) atoms. The van der Waals surface area contributed by atoms with Crippen LogP contribution in [-0.4, -0.2) is 39.1 Å². The molecule has 4 aromatic heterocycles.